The quantitative estimate of drug-likeness (QED) is 0.0573. The Morgan fingerprint density at radius 1 is 0.636 bits per heavy atom. The third-order valence-corrected chi connectivity index (χ3v) is 18.8. The molecule has 0 atom stereocenters. The molecule has 7 aromatic rings. The Hall–Kier alpha value is -4.79. The summed E-state index contributed by atoms with van der Waals surface area (Å²) < 4.78 is 0. The van der Waals surface area contributed by atoms with Crippen LogP contribution in [0.2, 0.25) is 32.7 Å². The van der Waals surface area contributed by atoms with Gasteiger partial charge >= 0.3 is 0 Å². The Morgan fingerprint density at radius 2 is 1.09 bits per heavy atom. The first-order chi connectivity index (χ1) is 30.7. The van der Waals surface area contributed by atoms with Crippen LogP contribution in [0.15, 0.2) is 127 Å². The molecule has 0 aliphatic rings. The molecule has 66 heavy (non-hydrogen) atoms. The molecule has 5 aromatic carbocycles. The van der Waals surface area contributed by atoms with Gasteiger partial charge in [0.15, 0.2) is 5.78 Å². The zero-order chi connectivity index (χ0) is 47.7. The standard InChI is InChI=1S/C25H24NSi.C20H22NSi.C14H26O2.Ir/c1-18-14-19(2)16-21(15-18)25-24-11-10-23(17-20(24)12-13-26-25)27(3,4)22-8-6-5-7-9-22;1-14-10-15(2)12-17(11-14)20-19-7-6-18(22(3,4)5)13-16(19)8-9-21-20;1-6-11(7-2)12(15)10-13(16)14(5,8-3)9-4;/h5-15,17H,1-4H3;6-11,13H,1-5H3;10-11,16H,6-9H2,1-5H3;/q2*-1;;/b;;13-10-;. The molecule has 4 nitrogen and oxygen atoms in total. The molecule has 349 valence electrons. The molecule has 2 heterocycles. The van der Waals surface area contributed by atoms with Crippen LogP contribution in [0.4, 0.5) is 0 Å². The van der Waals surface area contributed by atoms with E-state index in [1.807, 2.05) is 47.0 Å². The first kappa shape index (κ1) is 53.8. The summed E-state index contributed by atoms with van der Waals surface area (Å²) in [6.45, 7) is 30.5. The zero-order valence-corrected chi connectivity index (χ0v) is 46.4. The molecule has 2 aromatic heterocycles. The SMILES string of the molecule is CCC(CC)C(=O)/C=C(\O)C(C)(CC)CC.Cc1[c-]c(-c2nccc3cc([Si](C)(C)C)ccc23)cc(C)c1.Cc1[c-]c(-c2nccc3cc([Si](C)(C)c4ccccc4)ccc23)cc(C)c1.[Ir]. The maximum Gasteiger partial charge on any atom is 0.162 e. The number of aromatic nitrogens is 2. The summed E-state index contributed by atoms with van der Waals surface area (Å²) in [7, 11) is -3.01. The van der Waals surface area contributed by atoms with Gasteiger partial charge in [-0.1, -0.05) is 177 Å². The van der Waals surface area contributed by atoms with Crippen molar-refractivity contribution in [2.45, 2.75) is 121 Å². The molecule has 0 saturated heterocycles. The molecule has 1 radical (unpaired) electrons. The molecule has 7 heteroatoms. The fourth-order valence-corrected chi connectivity index (χ4v) is 12.0. The molecule has 0 spiro atoms. The molecule has 0 bridgehead atoms. The van der Waals surface area contributed by atoms with Gasteiger partial charge in [0.25, 0.3) is 0 Å². The summed E-state index contributed by atoms with van der Waals surface area (Å²) in [5, 5.41) is 19.3. The van der Waals surface area contributed by atoms with Crippen LogP contribution in [0.25, 0.3) is 44.1 Å². The average molecular weight is 1090 g/mol. The first-order valence-electron chi connectivity index (χ1n) is 23.5. The van der Waals surface area contributed by atoms with Crippen LogP contribution in [-0.4, -0.2) is 37.0 Å². The second-order valence-electron chi connectivity index (χ2n) is 19.7. The molecule has 1 N–H and O–H groups in total. The molecule has 0 aliphatic heterocycles. The van der Waals surface area contributed by atoms with E-state index in [2.05, 4.69) is 186 Å². The largest absolute Gasteiger partial charge is 0.512 e. The van der Waals surface area contributed by atoms with E-state index in [0.717, 1.165) is 59.3 Å². The molecule has 0 aliphatic carbocycles. The molecule has 0 amide bonds. The summed E-state index contributed by atoms with van der Waals surface area (Å²) in [6, 6.07) is 44.5. The van der Waals surface area contributed by atoms with Gasteiger partial charge in [-0.25, -0.2) is 0 Å². The molecule has 0 unspecified atom stereocenters. The van der Waals surface area contributed by atoms with Crippen molar-refractivity contribution in [3.05, 3.63) is 162 Å². The number of carbonyl (C=O) groups is 1. The molecule has 0 saturated carbocycles. The number of aliphatic hydroxyl groups excluding tert-OH is 1. The number of ketones is 1. The van der Waals surface area contributed by atoms with Crippen LogP contribution in [0.3, 0.4) is 0 Å². The minimum absolute atomic E-state index is 0. The van der Waals surface area contributed by atoms with Crippen molar-refractivity contribution in [3.63, 3.8) is 0 Å². The number of fused-ring (bicyclic) bond motifs is 2. The first-order valence-corrected chi connectivity index (χ1v) is 30.0. The summed E-state index contributed by atoms with van der Waals surface area (Å²) in [5.74, 6) is 0.366. The minimum Gasteiger partial charge on any atom is -0.512 e. The number of rotatable bonds is 12. The predicted octanol–water partition coefficient (Wildman–Crippen LogP) is 14.3. The second-order valence-corrected chi connectivity index (χ2v) is 29.1. The number of allylic oxidation sites excluding steroid dienone is 2. The van der Waals surface area contributed by atoms with Gasteiger partial charge in [0.05, 0.1) is 8.07 Å². The maximum atomic E-state index is 11.9. The number of hydrogen-bond acceptors (Lipinski definition) is 4. The van der Waals surface area contributed by atoms with E-state index in [1.54, 1.807) is 0 Å². The number of benzene rings is 5. The van der Waals surface area contributed by atoms with Crippen LogP contribution < -0.4 is 15.6 Å². The normalized spacial score (nSPS) is 12.0. The number of nitrogens with zero attached hydrogens (tertiary/aromatic N) is 2. The Morgan fingerprint density at radius 3 is 1.52 bits per heavy atom. The predicted molar refractivity (Wildman–Crippen MR) is 286 cm³/mol. The maximum absolute atomic E-state index is 11.9. The van der Waals surface area contributed by atoms with Crippen LogP contribution in [0, 0.1) is 51.2 Å². The topological polar surface area (TPSA) is 63.1 Å². The van der Waals surface area contributed by atoms with Crippen molar-refractivity contribution in [1.29, 1.82) is 0 Å². The van der Waals surface area contributed by atoms with Gasteiger partial charge in [-0.05, 0) is 70.7 Å². The number of pyridine rings is 2. The fourth-order valence-electron chi connectivity index (χ4n) is 8.44. The van der Waals surface area contributed by atoms with Gasteiger partial charge in [-0.2, -0.15) is 0 Å². The van der Waals surface area contributed by atoms with Crippen molar-refractivity contribution >= 4 is 59.0 Å². The Kier molecular flexibility index (Phi) is 19.0. The number of hydrogen-bond donors (Lipinski definition) is 1. The van der Waals surface area contributed by atoms with Crippen LogP contribution >= 0.6 is 0 Å². The third kappa shape index (κ3) is 13.2. The van der Waals surface area contributed by atoms with E-state index in [9.17, 15) is 9.90 Å². The Labute approximate surface area is 412 Å². The molecule has 7 rings (SSSR count). The summed E-state index contributed by atoms with van der Waals surface area (Å²) in [6.07, 6.45) is 8.66. The number of aryl methyl sites for hydroxylation is 4. The summed E-state index contributed by atoms with van der Waals surface area (Å²) in [4.78, 5) is 21.2. The minimum atomic E-state index is -1.72. The Balaban J connectivity index is 0.000000223. The van der Waals surface area contributed by atoms with E-state index in [1.165, 1.54) is 54.3 Å². The van der Waals surface area contributed by atoms with Gasteiger partial charge in [-0.15, -0.1) is 69.8 Å². The van der Waals surface area contributed by atoms with Crippen molar-refractivity contribution in [2.24, 2.45) is 11.3 Å². The van der Waals surface area contributed by atoms with Crippen LogP contribution in [-0.2, 0) is 24.9 Å². The van der Waals surface area contributed by atoms with E-state index >= 15 is 0 Å². The van der Waals surface area contributed by atoms with E-state index in [0.29, 0.717) is 0 Å². The Bertz CT molecular complexity index is 2720. The van der Waals surface area contributed by atoms with Gasteiger partial charge < -0.3 is 15.1 Å². The van der Waals surface area contributed by atoms with Crippen molar-refractivity contribution in [3.8, 4) is 22.5 Å². The monoisotopic (exact) mass is 1090 g/mol. The smallest absolute Gasteiger partial charge is 0.162 e. The zero-order valence-electron chi connectivity index (χ0n) is 42.0. The number of aliphatic hydroxyl groups is 1. The summed E-state index contributed by atoms with van der Waals surface area (Å²) in [5.41, 5.74) is 8.77. The molecule has 0 fully saturated rings. The van der Waals surface area contributed by atoms with Gasteiger partial charge in [0.2, 0.25) is 0 Å². The van der Waals surface area contributed by atoms with Gasteiger partial charge in [0.1, 0.15) is 13.8 Å². The van der Waals surface area contributed by atoms with E-state index in [4.69, 9.17) is 0 Å². The van der Waals surface area contributed by atoms with Crippen molar-refractivity contribution in [2.75, 3.05) is 0 Å². The third-order valence-electron chi connectivity index (χ3n) is 13.3. The van der Waals surface area contributed by atoms with Gasteiger partial charge in [-0.3, -0.25) is 4.79 Å². The number of carbonyl (C=O) groups excluding carboxylic acids is 1. The van der Waals surface area contributed by atoms with Crippen LogP contribution in [0.5, 0.6) is 0 Å². The fraction of sp³-hybridized carbons (Fsp3) is 0.339. The van der Waals surface area contributed by atoms with E-state index in [-0.39, 0.29) is 43.0 Å². The van der Waals surface area contributed by atoms with Crippen molar-refractivity contribution in [1.82, 2.24) is 9.97 Å². The van der Waals surface area contributed by atoms with Gasteiger partial charge in [0, 0.05) is 49.9 Å². The van der Waals surface area contributed by atoms with E-state index < -0.39 is 16.1 Å². The van der Waals surface area contributed by atoms with Crippen molar-refractivity contribution < 1.29 is 30.0 Å². The molecular weight excluding hydrogens is 1020 g/mol. The molecular formula is C59H72IrN2O2Si2-2. The average Bonchev–Trinajstić information content (AvgIpc) is 3.28. The van der Waals surface area contributed by atoms with Crippen LogP contribution in [0.1, 0.15) is 82.6 Å². The summed E-state index contributed by atoms with van der Waals surface area (Å²) >= 11 is 0. The second kappa shape index (κ2) is 23.3.